The minimum absolute atomic E-state index is 0.300. The monoisotopic (exact) mass is 231 g/mol. The zero-order valence-electron chi connectivity index (χ0n) is 11.7. The van der Waals surface area contributed by atoms with Gasteiger partial charge in [0.1, 0.15) is 0 Å². The third-order valence-corrected chi connectivity index (χ3v) is 6.59. The van der Waals surface area contributed by atoms with Crippen LogP contribution in [-0.2, 0) is 0 Å². The van der Waals surface area contributed by atoms with Crippen LogP contribution in [0.1, 0.15) is 53.4 Å². The first-order valence-electron chi connectivity index (χ1n) is 7.29. The number of nitrogens with zero attached hydrogens (tertiary/aromatic N) is 1. The van der Waals surface area contributed by atoms with E-state index in [9.17, 15) is 0 Å². The van der Waals surface area contributed by atoms with Crippen LogP contribution in [0.15, 0.2) is 0 Å². The lowest BCUT2D eigenvalue weighted by Gasteiger charge is -2.54. The van der Waals surface area contributed by atoms with E-state index in [1.54, 1.807) is 0 Å². The van der Waals surface area contributed by atoms with Crippen molar-refractivity contribution in [3.8, 4) is 0 Å². The van der Waals surface area contributed by atoms with E-state index in [0.717, 1.165) is 23.7 Å². The zero-order chi connectivity index (χ0) is 12.4. The van der Waals surface area contributed by atoms with E-state index in [0.29, 0.717) is 16.9 Å². The van der Waals surface area contributed by atoms with Crippen LogP contribution >= 0.6 is 0 Å². The molecule has 6 atom stereocenters. The van der Waals surface area contributed by atoms with Crippen LogP contribution < -0.4 is 0 Å². The highest BCUT2D eigenvalue weighted by Crippen LogP contribution is 2.71. The molecule has 0 saturated heterocycles. The van der Waals surface area contributed by atoms with Crippen LogP contribution in [0, 0.1) is 41.1 Å². The average molecular weight is 231 g/mol. The van der Waals surface area contributed by atoms with Gasteiger partial charge in [0.15, 0.2) is 0 Å². The Kier molecular flexibility index (Phi) is 2.23. The van der Waals surface area contributed by atoms with E-state index in [4.69, 9.17) is 6.57 Å². The molecule has 94 valence electrons. The van der Waals surface area contributed by atoms with Crippen molar-refractivity contribution in [1.82, 2.24) is 0 Å². The second kappa shape index (κ2) is 3.28. The van der Waals surface area contributed by atoms with Gasteiger partial charge in [-0.2, -0.15) is 0 Å². The molecule has 0 aromatic carbocycles. The van der Waals surface area contributed by atoms with E-state index in [2.05, 4.69) is 32.5 Å². The van der Waals surface area contributed by atoms with Gasteiger partial charge in [-0.3, -0.25) is 0 Å². The molecule has 0 spiro atoms. The van der Waals surface area contributed by atoms with Crippen LogP contribution in [0.4, 0.5) is 0 Å². The summed E-state index contributed by atoms with van der Waals surface area (Å²) in [7, 11) is 0. The predicted molar refractivity (Wildman–Crippen MR) is 70.4 cm³/mol. The van der Waals surface area contributed by atoms with Crippen molar-refractivity contribution in [2.45, 2.75) is 59.4 Å². The van der Waals surface area contributed by atoms with Crippen LogP contribution in [0.25, 0.3) is 4.85 Å². The van der Waals surface area contributed by atoms with Gasteiger partial charge in [-0.05, 0) is 49.4 Å². The second-order valence-electron chi connectivity index (χ2n) is 7.82. The summed E-state index contributed by atoms with van der Waals surface area (Å²) >= 11 is 0. The third-order valence-electron chi connectivity index (χ3n) is 6.59. The molecular weight excluding hydrogens is 206 g/mol. The highest BCUT2D eigenvalue weighted by atomic mass is 14.9. The molecule has 0 radical (unpaired) electrons. The van der Waals surface area contributed by atoms with Crippen LogP contribution in [0.3, 0.4) is 0 Å². The van der Waals surface area contributed by atoms with E-state index in [-0.39, 0.29) is 0 Å². The Morgan fingerprint density at radius 3 is 2.53 bits per heavy atom. The van der Waals surface area contributed by atoms with Crippen molar-refractivity contribution in [2.75, 3.05) is 0 Å². The van der Waals surface area contributed by atoms with Crippen LogP contribution in [0.5, 0.6) is 0 Å². The summed E-state index contributed by atoms with van der Waals surface area (Å²) in [6.07, 6.45) is 5.36. The summed E-state index contributed by atoms with van der Waals surface area (Å²) < 4.78 is 0. The van der Waals surface area contributed by atoms with Gasteiger partial charge >= 0.3 is 0 Å². The molecule has 4 fully saturated rings. The molecule has 17 heavy (non-hydrogen) atoms. The lowest BCUT2D eigenvalue weighted by molar-refractivity contribution is -0.0521. The molecule has 6 unspecified atom stereocenters. The Balaban J connectivity index is 2.05. The molecule has 0 amide bonds. The Hall–Kier alpha value is -0.510. The van der Waals surface area contributed by atoms with Gasteiger partial charge in [0.05, 0.1) is 0 Å². The molecule has 0 aromatic heterocycles. The highest BCUT2D eigenvalue weighted by molar-refractivity contribution is 5.20. The van der Waals surface area contributed by atoms with Gasteiger partial charge in [-0.25, -0.2) is 6.57 Å². The topological polar surface area (TPSA) is 4.36 Å². The van der Waals surface area contributed by atoms with Crippen LogP contribution in [-0.4, -0.2) is 6.04 Å². The Bertz CT molecular complexity index is 379. The maximum absolute atomic E-state index is 7.65. The van der Waals surface area contributed by atoms with Gasteiger partial charge in [-0.15, -0.1) is 0 Å². The summed E-state index contributed by atoms with van der Waals surface area (Å²) in [5.74, 6) is 3.47. The van der Waals surface area contributed by atoms with Gasteiger partial charge in [-0.1, -0.05) is 27.7 Å². The smallest absolute Gasteiger partial charge is 0.234 e. The molecule has 0 N–H and O–H groups in total. The highest BCUT2D eigenvalue weighted by Gasteiger charge is 2.70. The first-order valence-corrected chi connectivity index (χ1v) is 7.29. The summed E-state index contributed by atoms with van der Waals surface area (Å²) in [5.41, 5.74) is 0.673. The Morgan fingerprint density at radius 1 is 1.24 bits per heavy atom. The molecule has 4 bridgehead atoms. The van der Waals surface area contributed by atoms with Crippen molar-refractivity contribution in [3.05, 3.63) is 11.4 Å². The number of rotatable bonds is 1. The molecule has 4 aliphatic carbocycles. The van der Waals surface area contributed by atoms with Gasteiger partial charge in [0.25, 0.3) is 0 Å². The molecule has 0 heterocycles. The average Bonchev–Trinajstić information content (AvgIpc) is 2.48. The van der Waals surface area contributed by atoms with Crippen LogP contribution in [0.2, 0.25) is 0 Å². The SMILES string of the molecule is [C-]#[N+]C1C2(C)CCC3C(C2)C(C(C)C)CC31C. The molecule has 4 rings (SSSR count). The number of hydrogen-bond acceptors (Lipinski definition) is 0. The third kappa shape index (κ3) is 1.25. The fourth-order valence-corrected chi connectivity index (χ4v) is 5.95. The summed E-state index contributed by atoms with van der Waals surface area (Å²) in [6.45, 7) is 17.3. The number of fused-ring (bicyclic) bond motifs is 1. The summed E-state index contributed by atoms with van der Waals surface area (Å²) in [4.78, 5) is 4.10. The fraction of sp³-hybridized carbons (Fsp3) is 0.938. The minimum atomic E-state index is 0.300. The standard InChI is InChI=1S/C16H25N/c1-10(2)11-9-16(4)13-6-7-15(3,8-12(11)13)14(16)17-5/h10-14H,6-9H2,1-4H3. The fourth-order valence-electron chi connectivity index (χ4n) is 5.95. The van der Waals surface area contributed by atoms with E-state index < -0.39 is 0 Å². The molecule has 0 aromatic rings. The molecule has 4 saturated carbocycles. The van der Waals surface area contributed by atoms with Gasteiger partial charge in [0.2, 0.25) is 6.04 Å². The van der Waals surface area contributed by atoms with Gasteiger partial charge < -0.3 is 4.85 Å². The molecule has 1 nitrogen and oxygen atoms in total. The Morgan fingerprint density at radius 2 is 1.94 bits per heavy atom. The summed E-state index contributed by atoms with van der Waals surface area (Å²) in [6, 6.07) is 0.300. The van der Waals surface area contributed by atoms with E-state index in [1.807, 2.05) is 0 Å². The normalized spacial score (nSPS) is 56.2. The largest absolute Gasteiger partial charge is 0.312 e. The zero-order valence-corrected chi connectivity index (χ0v) is 11.7. The van der Waals surface area contributed by atoms with Crippen molar-refractivity contribution < 1.29 is 0 Å². The quantitative estimate of drug-likeness (QED) is 0.589. The molecule has 1 heteroatoms. The molecule has 4 aliphatic rings. The maximum atomic E-state index is 7.65. The van der Waals surface area contributed by atoms with Crippen molar-refractivity contribution in [3.63, 3.8) is 0 Å². The minimum Gasteiger partial charge on any atom is -0.312 e. The van der Waals surface area contributed by atoms with Crippen molar-refractivity contribution in [2.24, 2.45) is 34.5 Å². The first kappa shape index (κ1) is 11.6. The predicted octanol–water partition coefficient (Wildman–Crippen LogP) is 4.39. The molecule has 0 aliphatic heterocycles. The van der Waals surface area contributed by atoms with E-state index in [1.165, 1.54) is 25.7 Å². The second-order valence-corrected chi connectivity index (χ2v) is 7.82. The van der Waals surface area contributed by atoms with Crippen molar-refractivity contribution in [1.29, 1.82) is 0 Å². The number of hydrogen-bond donors (Lipinski definition) is 0. The van der Waals surface area contributed by atoms with Gasteiger partial charge in [0, 0.05) is 10.8 Å². The first-order chi connectivity index (χ1) is 7.92. The van der Waals surface area contributed by atoms with E-state index >= 15 is 0 Å². The Labute approximate surface area is 106 Å². The van der Waals surface area contributed by atoms with Crippen molar-refractivity contribution >= 4 is 0 Å². The summed E-state index contributed by atoms with van der Waals surface area (Å²) in [5, 5.41) is 0. The maximum Gasteiger partial charge on any atom is 0.234 e. The molecular formula is C16H25N. The lowest BCUT2D eigenvalue weighted by atomic mass is 9.48. The lowest BCUT2D eigenvalue weighted by Crippen LogP contribution is -2.55.